The van der Waals surface area contributed by atoms with Crippen molar-refractivity contribution in [1.29, 1.82) is 0 Å². The van der Waals surface area contributed by atoms with Crippen molar-refractivity contribution in [2.24, 2.45) is 10.8 Å². The Morgan fingerprint density at radius 2 is 0.673 bits per heavy atom. The van der Waals surface area contributed by atoms with E-state index in [0.29, 0.717) is 79.0 Å². The molecule has 0 bridgehead atoms. The Bertz CT molecular complexity index is 1400. The highest BCUT2D eigenvalue weighted by molar-refractivity contribution is 5.77. The summed E-state index contributed by atoms with van der Waals surface area (Å²) in [5, 5.41) is 0. The molecule has 0 saturated carbocycles. The monoisotopic (exact) mass is 706 g/mol. The fraction of sp³-hybridized carbons (Fsp3) is 0.409. The fourth-order valence-corrected chi connectivity index (χ4v) is 6.43. The zero-order valence-corrected chi connectivity index (χ0v) is 30.8. The van der Waals surface area contributed by atoms with Gasteiger partial charge in [-0.1, -0.05) is 135 Å². The lowest BCUT2D eigenvalue weighted by atomic mass is 9.87. The number of carbonyl (C=O) groups excluding carboxylic acids is 2. The maximum Gasteiger partial charge on any atom is 0.223 e. The molecule has 8 heteroatoms. The molecule has 4 aromatic rings. The summed E-state index contributed by atoms with van der Waals surface area (Å²) in [4.78, 5) is 31.7. The number of carbonyl (C=O) groups is 2. The largest absolute Gasteiger partial charge is 0.378 e. The molecule has 0 aliphatic carbocycles. The zero-order valence-electron chi connectivity index (χ0n) is 30.8. The van der Waals surface area contributed by atoms with Crippen LogP contribution in [0.4, 0.5) is 0 Å². The van der Waals surface area contributed by atoms with E-state index in [2.05, 4.69) is 0 Å². The second-order valence-corrected chi connectivity index (χ2v) is 14.6. The highest BCUT2D eigenvalue weighted by atomic mass is 16.5. The van der Waals surface area contributed by atoms with Crippen LogP contribution in [0.15, 0.2) is 121 Å². The number of ether oxygens (including phenoxy) is 4. The van der Waals surface area contributed by atoms with Crippen molar-refractivity contribution in [1.82, 2.24) is 9.80 Å². The van der Waals surface area contributed by atoms with Crippen LogP contribution in [0.2, 0.25) is 0 Å². The highest BCUT2D eigenvalue weighted by Gasteiger charge is 2.33. The lowest BCUT2D eigenvalue weighted by Crippen LogP contribution is -2.40. The normalized spacial score (nSPS) is 20.3. The molecule has 0 spiro atoms. The summed E-state index contributed by atoms with van der Waals surface area (Å²) in [6, 6.07) is 40.3. The first kappa shape index (κ1) is 38.9. The molecule has 5 rings (SSSR count). The molecule has 0 unspecified atom stereocenters. The number of nitrogens with zero attached hydrogens (tertiary/aromatic N) is 2. The van der Waals surface area contributed by atoms with Crippen LogP contribution in [-0.2, 0) is 54.7 Å². The van der Waals surface area contributed by atoms with E-state index >= 15 is 0 Å². The molecule has 52 heavy (non-hydrogen) atoms. The number of rotatable bonds is 12. The van der Waals surface area contributed by atoms with Crippen LogP contribution in [0.5, 0.6) is 0 Å². The summed E-state index contributed by atoms with van der Waals surface area (Å²) in [5.41, 5.74) is 3.23. The van der Waals surface area contributed by atoms with Crippen molar-refractivity contribution in [2.45, 2.75) is 52.9 Å². The predicted octanol–water partition coefficient (Wildman–Crippen LogP) is 7.32. The van der Waals surface area contributed by atoms with Gasteiger partial charge in [-0.15, -0.1) is 0 Å². The van der Waals surface area contributed by atoms with E-state index in [1.807, 2.05) is 145 Å². The average Bonchev–Trinajstić information content (AvgIpc) is 3.15. The molecule has 276 valence electrons. The van der Waals surface area contributed by atoms with Gasteiger partial charge in [0.25, 0.3) is 0 Å². The lowest BCUT2D eigenvalue weighted by Gasteiger charge is -2.33. The lowest BCUT2D eigenvalue weighted by molar-refractivity contribution is -0.141. The Morgan fingerprint density at radius 1 is 0.442 bits per heavy atom. The van der Waals surface area contributed by atoms with E-state index < -0.39 is 10.8 Å². The Morgan fingerprint density at radius 3 is 0.904 bits per heavy atom. The maximum absolute atomic E-state index is 13.9. The first-order valence-corrected chi connectivity index (χ1v) is 18.3. The molecule has 1 aliphatic heterocycles. The van der Waals surface area contributed by atoms with Crippen LogP contribution in [-0.4, -0.2) is 74.5 Å². The fourth-order valence-electron chi connectivity index (χ4n) is 6.43. The van der Waals surface area contributed by atoms with Crippen molar-refractivity contribution in [3.05, 3.63) is 144 Å². The Balaban J connectivity index is 1.18. The van der Waals surface area contributed by atoms with Gasteiger partial charge in [-0.05, 0) is 22.3 Å². The molecule has 1 fully saturated rings. The summed E-state index contributed by atoms with van der Waals surface area (Å²) < 4.78 is 24.6. The summed E-state index contributed by atoms with van der Waals surface area (Å²) in [6.45, 7) is 8.99. The quantitative estimate of drug-likeness (QED) is 0.154. The van der Waals surface area contributed by atoms with E-state index in [9.17, 15) is 9.59 Å². The van der Waals surface area contributed by atoms with Crippen molar-refractivity contribution < 1.29 is 28.5 Å². The third kappa shape index (κ3) is 13.0. The van der Waals surface area contributed by atoms with Crippen molar-refractivity contribution >= 4 is 11.8 Å². The molecule has 2 amide bonds. The SMILES string of the molecule is CC1(CC(=O)N(Cc2ccccc2)Cc2ccccc2)COCCOCC(C)(CC(=O)N(Cc2ccccc2)Cc2ccccc2)COCCOC1. The predicted molar refractivity (Wildman–Crippen MR) is 203 cm³/mol. The van der Waals surface area contributed by atoms with Gasteiger partial charge >= 0.3 is 0 Å². The molecule has 4 aromatic carbocycles. The average molecular weight is 707 g/mol. The minimum atomic E-state index is -0.547. The Hall–Kier alpha value is -4.34. The summed E-state index contributed by atoms with van der Waals surface area (Å²) in [6.07, 6.45) is 0.550. The molecule has 1 aliphatic rings. The molecular weight excluding hydrogens is 652 g/mol. The van der Waals surface area contributed by atoms with Gasteiger partial charge < -0.3 is 28.7 Å². The van der Waals surface area contributed by atoms with Gasteiger partial charge in [0, 0.05) is 49.9 Å². The molecule has 1 saturated heterocycles. The highest BCUT2D eigenvalue weighted by Crippen LogP contribution is 2.28. The third-order valence-electron chi connectivity index (χ3n) is 9.27. The van der Waals surface area contributed by atoms with Crippen LogP contribution in [0.1, 0.15) is 48.9 Å². The van der Waals surface area contributed by atoms with E-state index in [1.54, 1.807) is 0 Å². The van der Waals surface area contributed by atoms with Crippen LogP contribution >= 0.6 is 0 Å². The summed E-state index contributed by atoms with van der Waals surface area (Å²) >= 11 is 0. The number of amides is 2. The summed E-state index contributed by atoms with van der Waals surface area (Å²) in [7, 11) is 0. The van der Waals surface area contributed by atoms with Crippen molar-refractivity contribution in [3.8, 4) is 0 Å². The van der Waals surface area contributed by atoms with Crippen LogP contribution in [0.3, 0.4) is 0 Å². The van der Waals surface area contributed by atoms with Crippen LogP contribution < -0.4 is 0 Å². The molecule has 0 aromatic heterocycles. The van der Waals surface area contributed by atoms with E-state index in [-0.39, 0.29) is 24.7 Å². The topological polar surface area (TPSA) is 77.5 Å². The van der Waals surface area contributed by atoms with Gasteiger partial charge in [0.2, 0.25) is 11.8 Å². The minimum absolute atomic E-state index is 0.0463. The minimum Gasteiger partial charge on any atom is -0.378 e. The molecule has 0 atom stereocenters. The van der Waals surface area contributed by atoms with Gasteiger partial charge in [0.15, 0.2) is 0 Å². The molecule has 0 N–H and O–H groups in total. The van der Waals surface area contributed by atoms with Gasteiger partial charge in [-0.25, -0.2) is 0 Å². The van der Waals surface area contributed by atoms with Crippen LogP contribution in [0, 0.1) is 10.8 Å². The first-order chi connectivity index (χ1) is 25.3. The molecule has 8 nitrogen and oxygen atoms in total. The molecule has 0 radical (unpaired) electrons. The molecule has 1 heterocycles. The van der Waals surface area contributed by atoms with E-state index in [1.165, 1.54) is 0 Å². The molecular formula is C44H54N2O6. The van der Waals surface area contributed by atoms with Gasteiger partial charge in [0.1, 0.15) is 0 Å². The van der Waals surface area contributed by atoms with E-state index in [0.717, 1.165) is 22.3 Å². The standard InChI is InChI=1S/C44H54N2O6/c1-43(27-41(47)45(29-37-15-7-3-8-16-37)30-38-17-9-4-10-18-38)33-49-23-25-51-35-44(2,36-52-26-24-50-34-43)28-42(48)46(31-39-19-11-5-12-20-39)32-40-21-13-6-14-22-40/h3-22H,23-36H2,1-2H3. The third-order valence-corrected chi connectivity index (χ3v) is 9.27. The number of hydrogen-bond acceptors (Lipinski definition) is 6. The van der Waals surface area contributed by atoms with Crippen molar-refractivity contribution in [2.75, 3.05) is 52.9 Å². The maximum atomic E-state index is 13.9. The number of benzene rings is 4. The summed E-state index contributed by atoms with van der Waals surface area (Å²) in [5.74, 6) is 0.0926. The van der Waals surface area contributed by atoms with Gasteiger partial charge in [-0.2, -0.15) is 0 Å². The second-order valence-electron chi connectivity index (χ2n) is 14.6. The number of hydrogen-bond donors (Lipinski definition) is 0. The first-order valence-electron chi connectivity index (χ1n) is 18.3. The zero-order chi connectivity index (χ0) is 36.5. The van der Waals surface area contributed by atoms with Crippen LogP contribution in [0.25, 0.3) is 0 Å². The second kappa shape index (κ2) is 20.0. The Kier molecular flexibility index (Phi) is 15.0. The van der Waals surface area contributed by atoms with Gasteiger partial charge in [0.05, 0.1) is 52.9 Å². The van der Waals surface area contributed by atoms with E-state index in [4.69, 9.17) is 18.9 Å². The smallest absolute Gasteiger partial charge is 0.223 e. The van der Waals surface area contributed by atoms with Gasteiger partial charge in [-0.3, -0.25) is 9.59 Å². The van der Waals surface area contributed by atoms with Crippen molar-refractivity contribution in [3.63, 3.8) is 0 Å². The Labute approximate surface area is 309 Å².